The van der Waals surface area contributed by atoms with Crippen LogP contribution in [0.25, 0.3) is 44.5 Å². The van der Waals surface area contributed by atoms with Crippen LogP contribution in [0.5, 0.6) is 17.2 Å². The Labute approximate surface area is 205 Å². The fourth-order valence-electron chi connectivity index (χ4n) is 4.38. The Bertz CT molecular complexity index is 1590. The van der Waals surface area contributed by atoms with Crippen LogP contribution in [0.4, 0.5) is 13.2 Å². The molecule has 0 radical (unpaired) electrons. The van der Waals surface area contributed by atoms with Gasteiger partial charge in [0.1, 0.15) is 17.2 Å². The minimum atomic E-state index is -5.83. The fourth-order valence-corrected chi connectivity index (χ4v) is 4.83. The molecular weight excluding hydrogens is 493 g/mol. The molecule has 36 heavy (non-hydrogen) atoms. The molecule has 0 N–H and O–H groups in total. The van der Waals surface area contributed by atoms with Gasteiger partial charge in [-0.05, 0) is 87.0 Å². The molecule has 0 spiro atoms. The smallest absolute Gasteiger partial charge is 0.497 e. The Morgan fingerprint density at radius 3 is 1.36 bits per heavy atom. The predicted octanol–water partition coefficient (Wildman–Crippen LogP) is 6.91. The molecular formula is C27H19F3O5S. The number of fused-ring (bicyclic) bond motifs is 8. The van der Waals surface area contributed by atoms with Crippen LogP contribution < -0.4 is 13.7 Å². The Balaban J connectivity index is 1.83. The lowest BCUT2D eigenvalue weighted by molar-refractivity contribution is -0.0500. The van der Waals surface area contributed by atoms with Gasteiger partial charge in [-0.25, -0.2) is 0 Å². The summed E-state index contributed by atoms with van der Waals surface area (Å²) >= 11 is 0. The number of methoxy groups -OCH3 is 2. The van der Waals surface area contributed by atoms with Crippen LogP contribution in [0.2, 0.25) is 0 Å². The zero-order chi connectivity index (χ0) is 25.7. The topological polar surface area (TPSA) is 61.8 Å². The van der Waals surface area contributed by atoms with Gasteiger partial charge in [0, 0.05) is 0 Å². The Kier molecular flexibility index (Phi) is 5.67. The molecule has 0 fully saturated rings. The first kappa shape index (κ1) is 23.7. The SMILES string of the molecule is COc1ccc2c(c1)-c1cc(OC)ccc1-c1ccc(OS(=O)(=O)C(F)(F)F)cc1-c1ccccc1-2. The summed E-state index contributed by atoms with van der Waals surface area (Å²) in [5.74, 6) is 0.836. The van der Waals surface area contributed by atoms with Crippen LogP contribution in [0, 0.1) is 0 Å². The molecule has 0 aliphatic heterocycles. The summed E-state index contributed by atoms with van der Waals surface area (Å²) in [6, 6.07) is 22.7. The zero-order valence-electron chi connectivity index (χ0n) is 19.1. The summed E-state index contributed by atoms with van der Waals surface area (Å²) < 4.78 is 77.7. The highest BCUT2D eigenvalue weighted by Gasteiger charge is 2.48. The summed E-state index contributed by atoms with van der Waals surface area (Å²) in [5.41, 5.74) is 0.503. The lowest BCUT2D eigenvalue weighted by Gasteiger charge is -2.24. The third kappa shape index (κ3) is 3.95. The van der Waals surface area contributed by atoms with Gasteiger partial charge in [-0.2, -0.15) is 21.6 Å². The molecule has 0 heterocycles. The van der Waals surface area contributed by atoms with Crippen molar-refractivity contribution in [3.63, 3.8) is 0 Å². The standard InChI is InChI=1S/C27H19F3O5S/c1-33-16-7-10-21-19-5-3-4-6-20(19)24-15-18(35-36(31,32)27(28,29)30)9-12-22(24)23-11-8-17(34-2)14-26(23)25(21)13-16/h3-15H,1-2H3. The normalized spacial score (nSPS) is 12.2. The second-order valence-electron chi connectivity index (χ2n) is 8.06. The molecule has 5 nitrogen and oxygen atoms in total. The van der Waals surface area contributed by atoms with E-state index in [2.05, 4.69) is 4.18 Å². The van der Waals surface area contributed by atoms with Gasteiger partial charge in [-0.1, -0.05) is 36.4 Å². The molecule has 0 saturated heterocycles. The van der Waals surface area contributed by atoms with Gasteiger partial charge in [0.2, 0.25) is 0 Å². The van der Waals surface area contributed by atoms with Crippen molar-refractivity contribution in [1.82, 2.24) is 0 Å². The molecule has 1 aliphatic carbocycles. The molecule has 0 atom stereocenters. The zero-order valence-corrected chi connectivity index (χ0v) is 19.9. The van der Waals surface area contributed by atoms with Crippen molar-refractivity contribution in [1.29, 1.82) is 0 Å². The van der Waals surface area contributed by atoms with E-state index in [-0.39, 0.29) is 0 Å². The maximum absolute atomic E-state index is 13.0. The highest BCUT2D eigenvalue weighted by atomic mass is 32.2. The largest absolute Gasteiger partial charge is 0.534 e. The number of hydrogen-bond donors (Lipinski definition) is 0. The van der Waals surface area contributed by atoms with E-state index in [1.807, 2.05) is 54.6 Å². The first-order valence-corrected chi connectivity index (χ1v) is 12.1. The molecule has 1 aliphatic rings. The second-order valence-corrected chi connectivity index (χ2v) is 9.60. The van der Waals surface area contributed by atoms with Crippen molar-refractivity contribution in [2.45, 2.75) is 5.51 Å². The Hall–Kier alpha value is -3.98. The minimum absolute atomic E-state index is 0.438. The Morgan fingerprint density at radius 1 is 0.556 bits per heavy atom. The van der Waals surface area contributed by atoms with Crippen molar-refractivity contribution < 1.29 is 35.2 Å². The molecule has 9 heteroatoms. The third-order valence-corrected chi connectivity index (χ3v) is 7.00. The third-order valence-electron chi connectivity index (χ3n) is 6.02. The summed E-state index contributed by atoms with van der Waals surface area (Å²) in [6.07, 6.45) is 0. The predicted molar refractivity (Wildman–Crippen MR) is 130 cm³/mol. The number of rotatable bonds is 4. The van der Waals surface area contributed by atoms with Gasteiger partial charge in [0.15, 0.2) is 0 Å². The molecule has 0 unspecified atom stereocenters. The Morgan fingerprint density at radius 2 is 0.917 bits per heavy atom. The van der Waals surface area contributed by atoms with Crippen LogP contribution in [-0.4, -0.2) is 28.1 Å². The van der Waals surface area contributed by atoms with Crippen LogP contribution in [0.3, 0.4) is 0 Å². The van der Waals surface area contributed by atoms with E-state index in [0.29, 0.717) is 28.2 Å². The number of alkyl halides is 3. The van der Waals surface area contributed by atoms with Gasteiger partial charge in [0.05, 0.1) is 14.2 Å². The highest BCUT2D eigenvalue weighted by molar-refractivity contribution is 7.88. The van der Waals surface area contributed by atoms with Gasteiger partial charge in [-0.3, -0.25) is 0 Å². The van der Waals surface area contributed by atoms with Crippen LogP contribution in [0.15, 0.2) is 78.9 Å². The molecule has 184 valence electrons. The molecule has 0 aromatic heterocycles. The quantitative estimate of drug-likeness (QED) is 0.193. The first-order chi connectivity index (χ1) is 17.1. The van der Waals surface area contributed by atoms with E-state index in [1.54, 1.807) is 26.4 Å². The lowest BCUT2D eigenvalue weighted by atomic mass is 9.80. The van der Waals surface area contributed by atoms with Crippen LogP contribution >= 0.6 is 0 Å². The summed E-state index contributed by atoms with van der Waals surface area (Å²) in [6.45, 7) is 0. The molecule has 0 saturated carbocycles. The lowest BCUT2D eigenvalue weighted by Crippen LogP contribution is -2.28. The van der Waals surface area contributed by atoms with E-state index < -0.39 is 21.4 Å². The van der Waals surface area contributed by atoms with Gasteiger partial charge in [0.25, 0.3) is 0 Å². The van der Waals surface area contributed by atoms with E-state index >= 15 is 0 Å². The van der Waals surface area contributed by atoms with Crippen molar-refractivity contribution in [3.8, 4) is 61.8 Å². The molecule has 0 bridgehead atoms. The molecule has 0 amide bonds. The van der Waals surface area contributed by atoms with E-state index in [4.69, 9.17) is 9.47 Å². The monoisotopic (exact) mass is 512 g/mol. The fraction of sp³-hybridized carbons (Fsp3) is 0.111. The summed E-state index contributed by atoms with van der Waals surface area (Å²) in [4.78, 5) is 0. The van der Waals surface area contributed by atoms with Gasteiger partial charge >= 0.3 is 15.6 Å². The maximum Gasteiger partial charge on any atom is 0.534 e. The molecule has 5 rings (SSSR count). The number of benzene rings is 4. The van der Waals surface area contributed by atoms with Crippen molar-refractivity contribution >= 4 is 10.1 Å². The number of ether oxygens (including phenoxy) is 2. The van der Waals surface area contributed by atoms with E-state index in [1.165, 1.54) is 12.1 Å². The average molecular weight is 513 g/mol. The van der Waals surface area contributed by atoms with Crippen molar-refractivity contribution in [3.05, 3.63) is 78.9 Å². The second kappa shape index (κ2) is 8.60. The molecule has 4 aromatic rings. The van der Waals surface area contributed by atoms with Crippen LogP contribution in [-0.2, 0) is 10.1 Å². The van der Waals surface area contributed by atoms with E-state index in [0.717, 1.165) is 27.8 Å². The maximum atomic E-state index is 13.0. The average Bonchev–Trinajstić information content (AvgIpc) is 2.86. The number of halogens is 3. The van der Waals surface area contributed by atoms with Gasteiger partial charge < -0.3 is 13.7 Å². The summed E-state index contributed by atoms with van der Waals surface area (Å²) in [5, 5.41) is 0. The van der Waals surface area contributed by atoms with E-state index in [9.17, 15) is 21.6 Å². The van der Waals surface area contributed by atoms with Crippen LogP contribution in [0.1, 0.15) is 0 Å². The van der Waals surface area contributed by atoms with Crippen molar-refractivity contribution in [2.75, 3.05) is 14.2 Å². The number of hydrogen-bond acceptors (Lipinski definition) is 5. The molecule has 4 aromatic carbocycles. The van der Waals surface area contributed by atoms with Gasteiger partial charge in [-0.15, -0.1) is 0 Å². The highest BCUT2D eigenvalue weighted by Crippen LogP contribution is 2.50. The minimum Gasteiger partial charge on any atom is -0.497 e. The first-order valence-electron chi connectivity index (χ1n) is 10.7. The van der Waals surface area contributed by atoms with Crippen molar-refractivity contribution in [2.24, 2.45) is 0 Å². The summed E-state index contributed by atoms with van der Waals surface area (Å²) in [7, 11) is -2.69.